The lowest BCUT2D eigenvalue weighted by atomic mass is 10.2. The highest BCUT2D eigenvalue weighted by molar-refractivity contribution is 7.89. The zero-order valence-electron chi connectivity index (χ0n) is 20.8. The summed E-state index contributed by atoms with van der Waals surface area (Å²) in [6, 6.07) is 15.7. The van der Waals surface area contributed by atoms with Gasteiger partial charge >= 0.3 is 0 Å². The van der Waals surface area contributed by atoms with Gasteiger partial charge in [0, 0.05) is 19.2 Å². The van der Waals surface area contributed by atoms with Gasteiger partial charge in [-0.15, -0.1) is 0 Å². The molecule has 1 N–H and O–H groups in total. The van der Waals surface area contributed by atoms with Crippen molar-refractivity contribution >= 4 is 39.1 Å². The molecule has 1 aliphatic rings. The second kappa shape index (κ2) is 11.1. The number of anilines is 2. The number of ether oxygens (including phenoxy) is 1. The third kappa shape index (κ3) is 5.74. The summed E-state index contributed by atoms with van der Waals surface area (Å²) in [7, 11) is -4.31. The summed E-state index contributed by atoms with van der Waals surface area (Å²) in [6.45, 7) is 3.34. The van der Waals surface area contributed by atoms with Crippen molar-refractivity contribution in [3.8, 4) is 5.75 Å². The van der Waals surface area contributed by atoms with Crippen molar-refractivity contribution in [3.63, 3.8) is 0 Å². The summed E-state index contributed by atoms with van der Waals surface area (Å²) in [5.74, 6) is -1.49. The van der Waals surface area contributed by atoms with Crippen LogP contribution in [0.15, 0.2) is 77.7 Å². The van der Waals surface area contributed by atoms with Gasteiger partial charge in [0.2, 0.25) is 21.8 Å². The minimum atomic E-state index is -4.31. The van der Waals surface area contributed by atoms with Crippen LogP contribution in [0.25, 0.3) is 0 Å². The van der Waals surface area contributed by atoms with Crippen molar-refractivity contribution in [3.05, 3.63) is 84.2 Å². The van der Waals surface area contributed by atoms with Crippen LogP contribution >= 0.6 is 0 Å². The Hall–Kier alpha value is -4.09. The zero-order chi connectivity index (χ0) is 27.4. The number of sulfonamides is 1. The Bertz CT molecular complexity index is 1440. The molecule has 0 radical (unpaired) electrons. The van der Waals surface area contributed by atoms with E-state index < -0.39 is 33.7 Å². The number of nitrogens with one attached hydrogen (secondary N) is 1. The summed E-state index contributed by atoms with van der Waals surface area (Å²) < 4.78 is 47.5. The smallest absolute Gasteiger partial charge is 0.252 e. The molecule has 3 aromatic rings. The number of nitrogens with zero attached hydrogens (tertiary/aromatic N) is 2. The van der Waals surface area contributed by atoms with Crippen LogP contribution in [0.2, 0.25) is 0 Å². The van der Waals surface area contributed by atoms with Crippen molar-refractivity contribution in [2.75, 3.05) is 16.8 Å². The number of hydrogen-bond acceptors (Lipinski definition) is 6. The van der Waals surface area contributed by atoms with Crippen molar-refractivity contribution in [2.45, 2.75) is 37.8 Å². The van der Waals surface area contributed by atoms with Gasteiger partial charge in [-0.05, 0) is 73.2 Å². The molecule has 1 fully saturated rings. The Morgan fingerprint density at radius 1 is 1.03 bits per heavy atom. The zero-order valence-corrected chi connectivity index (χ0v) is 21.6. The van der Waals surface area contributed by atoms with Gasteiger partial charge in [-0.1, -0.05) is 12.1 Å². The SMILES string of the molecule is CCOc1ccc(N2C(=O)CC(N(Cc3ccc(F)cc3)S(=O)(=O)c3ccc(NC(C)=O)cc3)C2=O)cc1. The van der Waals surface area contributed by atoms with E-state index in [-0.39, 0.29) is 23.8 Å². The lowest BCUT2D eigenvalue weighted by molar-refractivity contribution is -0.122. The highest BCUT2D eigenvalue weighted by atomic mass is 32.2. The fourth-order valence-electron chi connectivity index (χ4n) is 4.15. The van der Waals surface area contributed by atoms with Crippen LogP contribution in [0.3, 0.4) is 0 Å². The summed E-state index contributed by atoms with van der Waals surface area (Å²) in [6.07, 6.45) is -0.365. The van der Waals surface area contributed by atoms with Crippen molar-refractivity contribution in [2.24, 2.45) is 0 Å². The van der Waals surface area contributed by atoms with Gasteiger partial charge < -0.3 is 10.1 Å². The maximum atomic E-state index is 13.8. The minimum absolute atomic E-state index is 0.131. The maximum Gasteiger partial charge on any atom is 0.252 e. The van der Waals surface area contributed by atoms with E-state index >= 15 is 0 Å². The van der Waals surface area contributed by atoms with Gasteiger partial charge in [-0.3, -0.25) is 14.4 Å². The predicted molar refractivity (Wildman–Crippen MR) is 138 cm³/mol. The molecule has 0 spiro atoms. The van der Waals surface area contributed by atoms with E-state index in [1.54, 1.807) is 24.3 Å². The second-order valence-electron chi connectivity index (χ2n) is 8.60. The normalized spacial score (nSPS) is 15.7. The van der Waals surface area contributed by atoms with Crippen molar-refractivity contribution < 1.29 is 31.9 Å². The summed E-state index contributed by atoms with van der Waals surface area (Å²) >= 11 is 0. The van der Waals surface area contributed by atoms with E-state index in [1.807, 2.05) is 6.92 Å². The standard InChI is InChI=1S/C27H26FN3O6S/c1-3-37-23-12-10-22(11-13-23)31-26(33)16-25(27(31)34)30(17-19-4-6-20(28)7-5-19)38(35,36)24-14-8-21(9-15-24)29-18(2)32/h4-15,25H,3,16-17H2,1-2H3,(H,29,32). The molecule has 0 aromatic heterocycles. The number of hydrogen-bond donors (Lipinski definition) is 1. The van der Waals surface area contributed by atoms with Crippen molar-refractivity contribution in [1.82, 2.24) is 4.31 Å². The number of carbonyl (C=O) groups excluding carboxylic acids is 3. The molecule has 3 amide bonds. The van der Waals surface area contributed by atoms with E-state index in [2.05, 4.69) is 5.32 Å². The molecule has 0 bridgehead atoms. The fourth-order valence-corrected chi connectivity index (χ4v) is 5.72. The van der Waals surface area contributed by atoms with Gasteiger partial charge in [0.25, 0.3) is 5.91 Å². The summed E-state index contributed by atoms with van der Waals surface area (Å²) in [4.78, 5) is 38.7. The molecule has 0 saturated carbocycles. The average molecular weight is 540 g/mol. The number of imide groups is 1. The molecular formula is C27H26FN3O6S. The largest absolute Gasteiger partial charge is 0.494 e. The Morgan fingerprint density at radius 3 is 2.24 bits per heavy atom. The van der Waals surface area contributed by atoms with Gasteiger partial charge in [-0.25, -0.2) is 17.7 Å². The number of carbonyl (C=O) groups is 3. The average Bonchev–Trinajstić information content (AvgIpc) is 3.17. The Labute approximate surface area is 219 Å². The maximum absolute atomic E-state index is 13.8. The molecule has 9 nitrogen and oxygen atoms in total. The third-order valence-electron chi connectivity index (χ3n) is 5.91. The second-order valence-corrected chi connectivity index (χ2v) is 10.5. The van der Waals surface area contributed by atoms with Crippen LogP contribution in [0, 0.1) is 5.82 Å². The summed E-state index contributed by atoms with van der Waals surface area (Å²) in [5.41, 5.74) is 1.13. The van der Waals surface area contributed by atoms with Crippen LogP contribution in [-0.2, 0) is 31.0 Å². The molecule has 0 aliphatic carbocycles. The topological polar surface area (TPSA) is 113 Å². The first-order valence-corrected chi connectivity index (χ1v) is 13.3. The monoisotopic (exact) mass is 539 g/mol. The lowest BCUT2D eigenvalue weighted by Gasteiger charge is -2.27. The van der Waals surface area contributed by atoms with E-state index in [1.165, 1.54) is 55.5 Å². The Balaban J connectivity index is 1.69. The van der Waals surface area contributed by atoms with E-state index in [0.717, 1.165) is 9.21 Å². The fraction of sp³-hybridized carbons (Fsp3) is 0.222. The number of rotatable bonds is 9. The summed E-state index contributed by atoms with van der Waals surface area (Å²) in [5, 5.41) is 2.56. The van der Waals surface area contributed by atoms with Gasteiger partial charge in [0.05, 0.1) is 23.6 Å². The van der Waals surface area contributed by atoms with Crippen LogP contribution in [0.4, 0.5) is 15.8 Å². The molecule has 3 aromatic carbocycles. The Kier molecular flexibility index (Phi) is 7.88. The first kappa shape index (κ1) is 27.0. The highest BCUT2D eigenvalue weighted by Crippen LogP contribution is 2.32. The molecule has 38 heavy (non-hydrogen) atoms. The quantitative estimate of drug-likeness (QED) is 0.415. The molecule has 1 heterocycles. The molecule has 1 saturated heterocycles. The first-order chi connectivity index (χ1) is 18.1. The van der Waals surface area contributed by atoms with Crippen LogP contribution in [-0.4, -0.2) is 43.1 Å². The van der Waals surface area contributed by atoms with Crippen LogP contribution in [0.5, 0.6) is 5.75 Å². The lowest BCUT2D eigenvalue weighted by Crippen LogP contribution is -2.45. The molecule has 1 unspecified atom stereocenters. The molecule has 11 heteroatoms. The molecule has 198 valence electrons. The first-order valence-electron chi connectivity index (χ1n) is 11.8. The van der Waals surface area contributed by atoms with E-state index in [0.29, 0.717) is 29.3 Å². The van der Waals surface area contributed by atoms with Gasteiger partial charge in [0.1, 0.15) is 17.6 Å². The number of halogens is 1. The molecular weight excluding hydrogens is 513 g/mol. The molecule has 1 atom stereocenters. The van der Waals surface area contributed by atoms with E-state index in [9.17, 15) is 27.2 Å². The third-order valence-corrected chi connectivity index (χ3v) is 7.78. The van der Waals surface area contributed by atoms with Gasteiger partial charge in [-0.2, -0.15) is 4.31 Å². The number of amides is 3. The van der Waals surface area contributed by atoms with Crippen LogP contribution < -0.4 is 15.0 Å². The van der Waals surface area contributed by atoms with Crippen molar-refractivity contribution in [1.29, 1.82) is 0 Å². The molecule has 1 aliphatic heterocycles. The minimum Gasteiger partial charge on any atom is -0.494 e. The van der Waals surface area contributed by atoms with Crippen LogP contribution in [0.1, 0.15) is 25.8 Å². The Morgan fingerprint density at radius 2 is 1.66 bits per heavy atom. The number of benzene rings is 3. The van der Waals surface area contributed by atoms with E-state index in [4.69, 9.17) is 4.74 Å². The predicted octanol–water partition coefficient (Wildman–Crippen LogP) is 3.71. The van der Waals surface area contributed by atoms with Gasteiger partial charge in [0.15, 0.2) is 0 Å². The molecule has 4 rings (SSSR count). The highest BCUT2D eigenvalue weighted by Gasteiger charge is 2.47.